The zero-order valence-electron chi connectivity index (χ0n) is 21.4. The molecule has 7 nitrogen and oxygen atoms in total. The van der Waals surface area contributed by atoms with Crippen LogP contribution >= 0.6 is 0 Å². The first-order valence-electron chi connectivity index (χ1n) is 12.7. The number of anilines is 1. The molecule has 188 valence electrons. The van der Waals surface area contributed by atoms with E-state index in [-0.39, 0.29) is 5.91 Å². The number of carbonyl (C=O) groups excluding carboxylic acids is 1. The van der Waals surface area contributed by atoms with Crippen molar-refractivity contribution in [3.63, 3.8) is 0 Å². The smallest absolute Gasteiger partial charge is 0.259 e. The van der Waals surface area contributed by atoms with E-state index in [0.717, 1.165) is 56.5 Å². The summed E-state index contributed by atoms with van der Waals surface area (Å²) in [5, 5.41) is 0. The first-order chi connectivity index (χ1) is 17.5. The molecule has 0 spiro atoms. The molecule has 1 amide bonds. The second-order valence-electron chi connectivity index (χ2n) is 9.58. The number of para-hydroxylation sites is 2. The fourth-order valence-corrected chi connectivity index (χ4v) is 5.20. The first kappa shape index (κ1) is 24.1. The van der Waals surface area contributed by atoms with Gasteiger partial charge in [0.2, 0.25) is 5.96 Å². The van der Waals surface area contributed by atoms with Gasteiger partial charge in [0.05, 0.1) is 12.8 Å². The number of amides is 1. The summed E-state index contributed by atoms with van der Waals surface area (Å²) in [6.07, 6.45) is 0.588. The number of guanidine groups is 1. The summed E-state index contributed by atoms with van der Waals surface area (Å²) in [4.78, 5) is 25.2. The zero-order chi connectivity index (χ0) is 25.1. The normalized spacial score (nSPS) is 18.6. The van der Waals surface area contributed by atoms with E-state index in [0.29, 0.717) is 12.2 Å². The largest absolute Gasteiger partial charge is 0.495 e. The maximum atomic E-state index is 13.7. The average Bonchev–Trinajstić information content (AvgIpc) is 3.41. The van der Waals surface area contributed by atoms with E-state index in [1.165, 1.54) is 11.4 Å². The van der Waals surface area contributed by atoms with Gasteiger partial charge in [0.15, 0.2) is 0 Å². The molecule has 0 bridgehead atoms. The van der Waals surface area contributed by atoms with Crippen LogP contribution in [0, 0.1) is 13.8 Å². The Morgan fingerprint density at radius 1 is 0.861 bits per heavy atom. The van der Waals surface area contributed by atoms with Crippen LogP contribution in [0.15, 0.2) is 71.7 Å². The van der Waals surface area contributed by atoms with Gasteiger partial charge in [-0.1, -0.05) is 42.5 Å². The van der Waals surface area contributed by atoms with Gasteiger partial charge in [0.25, 0.3) is 5.91 Å². The van der Waals surface area contributed by atoms with Gasteiger partial charge < -0.3 is 14.2 Å². The summed E-state index contributed by atoms with van der Waals surface area (Å²) in [5.41, 5.74) is 4.48. The van der Waals surface area contributed by atoms with Crippen molar-refractivity contribution in [2.24, 2.45) is 4.99 Å². The lowest BCUT2D eigenvalue weighted by molar-refractivity contribution is -0.118. The lowest BCUT2D eigenvalue weighted by Crippen LogP contribution is -2.53. The molecule has 1 unspecified atom stereocenters. The lowest BCUT2D eigenvalue weighted by atomic mass is 10.1. The fraction of sp³-hybridized carbons (Fsp3) is 0.379. The van der Waals surface area contributed by atoms with Crippen molar-refractivity contribution < 1.29 is 9.53 Å². The Bertz CT molecular complexity index is 1210. The third-order valence-electron chi connectivity index (χ3n) is 7.29. The van der Waals surface area contributed by atoms with Gasteiger partial charge in [0.1, 0.15) is 11.8 Å². The Morgan fingerprint density at radius 3 is 2.22 bits per heavy atom. The van der Waals surface area contributed by atoms with Crippen LogP contribution in [0.25, 0.3) is 0 Å². The Kier molecular flexibility index (Phi) is 7.09. The van der Waals surface area contributed by atoms with Crippen LogP contribution in [0.5, 0.6) is 5.75 Å². The van der Waals surface area contributed by atoms with Gasteiger partial charge in [-0.25, -0.2) is 9.89 Å². The fourth-order valence-electron chi connectivity index (χ4n) is 5.20. The van der Waals surface area contributed by atoms with Gasteiger partial charge >= 0.3 is 0 Å². The molecule has 3 aromatic rings. The number of rotatable bonds is 7. The minimum atomic E-state index is -0.440. The molecule has 2 aliphatic rings. The molecule has 1 atom stereocenters. The summed E-state index contributed by atoms with van der Waals surface area (Å²) in [7, 11) is 1.64. The van der Waals surface area contributed by atoms with Crippen molar-refractivity contribution in [2.45, 2.75) is 32.9 Å². The summed E-state index contributed by atoms with van der Waals surface area (Å²) in [6.45, 7) is 9.89. The Labute approximate surface area is 213 Å². The molecular formula is C29H35N5O2. The second kappa shape index (κ2) is 10.6. The summed E-state index contributed by atoms with van der Waals surface area (Å²) in [5.74, 6) is 1.41. The highest BCUT2D eigenvalue weighted by Crippen LogP contribution is 2.33. The molecule has 1 saturated heterocycles. The average molecular weight is 486 g/mol. The molecule has 7 heteroatoms. The van der Waals surface area contributed by atoms with Crippen LogP contribution in [0.1, 0.15) is 17.0 Å². The van der Waals surface area contributed by atoms with E-state index >= 15 is 0 Å². The van der Waals surface area contributed by atoms with Crippen molar-refractivity contribution in [3.05, 3.63) is 83.7 Å². The highest BCUT2D eigenvalue weighted by molar-refractivity contribution is 6.22. The number of nitrogens with zero attached hydrogens (tertiary/aromatic N) is 5. The van der Waals surface area contributed by atoms with E-state index in [2.05, 4.69) is 52.5 Å². The number of piperazine rings is 1. The maximum Gasteiger partial charge on any atom is 0.259 e. The number of aliphatic imine (C=N–C) groups is 1. The molecule has 0 saturated carbocycles. The summed E-state index contributed by atoms with van der Waals surface area (Å²) >= 11 is 0. The maximum absolute atomic E-state index is 13.7. The minimum absolute atomic E-state index is 0.000610. The number of hydrogen-bond acceptors (Lipinski definition) is 5. The van der Waals surface area contributed by atoms with E-state index in [9.17, 15) is 4.79 Å². The highest BCUT2D eigenvalue weighted by atomic mass is 16.5. The third kappa shape index (κ3) is 4.88. The van der Waals surface area contributed by atoms with E-state index in [4.69, 9.17) is 9.73 Å². The van der Waals surface area contributed by atoms with Crippen LogP contribution in [-0.4, -0.2) is 72.1 Å². The SMILES string of the molecule is COc1ccccc1N1C(=O)C(Cc2ccccc2)N=C1N1CCN(CCn2c(C)ccc2C)CC1. The van der Waals surface area contributed by atoms with Gasteiger partial charge in [-0.05, 0) is 43.7 Å². The van der Waals surface area contributed by atoms with Gasteiger partial charge in [-0.15, -0.1) is 0 Å². The number of benzene rings is 2. The van der Waals surface area contributed by atoms with Gasteiger partial charge in [-0.2, -0.15) is 0 Å². The predicted molar refractivity (Wildman–Crippen MR) is 144 cm³/mol. The zero-order valence-corrected chi connectivity index (χ0v) is 21.4. The second-order valence-corrected chi connectivity index (χ2v) is 9.58. The molecular weight excluding hydrogens is 450 g/mol. The Hall–Kier alpha value is -3.58. The number of aryl methyl sites for hydroxylation is 2. The lowest BCUT2D eigenvalue weighted by Gasteiger charge is -2.38. The molecule has 1 aromatic heterocycles. The predicted octanol–water partition coefficient (Wildman–Crippen LogP) is 3.75. The Morgan fingerprint density at radius 2 is 1.53 bits per heavy atom. The number of carbonyl (C=O) groups is 1. The molecule has 3 heterocycles. The first-order valence-corrected chi connectivity index (χ1v) is 12.7. The Balaban J connectivity index is 1.33. The van der Waals surface area contributed by atoms with Crippen LogP contribution in [0.3, 0.4) is 0 Å². The van der Waals surface area contributed by atoms with Crippen LogP contribution in [0.4, 0.5) is 5.69 Å². The molecule has 5 rings (SSSR count). The number of hydrogen-bond donors (Lipinski definition) is 0. The monoisotopic (exact) mass is 485 g/mol. The standard InChI is InChI=1S/C29H35N5O2/c1-22-13-14-23(2)33(22)20-17-31-15-18-32(19-16-31)29-30-25(21-24-9-5-4-6-10-24)28(35)34(29)26-11-7-8-12-27(26)36-3/h4-14,25H,15-21H2,1-3H3. The summed E-state index contributed by atoms with van der Waals surface area (Å²) in [6, 6.07) is 21.7. The van der Waals surface area contributed by atoms with Crippen LogP contribution in [0.2, 0.25) is 0 Å². The van der Waals surface area contributed by atoms with E-state index < -0.39 is 6.04 Å². The van der Waals surface area contributed by atoms with Crippen molar-refractivity contribution in [3.8, 4) is 5.75 Å². The van der Waals surface area contributed by atoms with Gasteiger partial charge in [-0.3, -0.25) is 9.69 Å². The van der Waals surface area contributed by atoms with Crippen LogP contribution < -0.4 is 9.64 Å². The minimum Gasteiger partial charge on any atom is -0.495 e. The van der Waals surface area contributed by atoms with Crippen molar-refractivity contribution in [1.29, 1.82) is 0 Å². The molecule has 36 heavy (non-hydrogen) atoms. The van der Waals surface area contributed by atoms with Crippen LogP contribution in [-0.2, 0) is 17.8 Å². The topological polar surface area (TPSA) is 53.3 Å². The van der Waals surface area contributed by atoms with Crippen molar-refractivity contribution in [1.82, 2.24) is 14.4 Å². The number of ether oxygens (including phenoxy) is 1. The quantitative estimate of drug-likeness (QED) is 0.512. The number of methoxy groups -OCH3 is 1. The third-order valence-corrected chi connectivity index (χ3v) is 7.29. The van der Waals surface area contributed by atoms with Gasteiger partial charge in [0, 0.05) is 57.1 Å². The molecule has 2 aromatic carbocycles. The molecule has 2 aliphatic heterocycles. The number of aromatic nitrogens is 1. The molecule has 1 fully saturated rings. The molecule has 0 N–H and O–H groups in total. The van der Waals surface area contributed by atoms with Crippen molar-refractivity contribution >= 4 is 17.6 Å². The highest BCUT2D eigenvalue weighted by Gasteiger charge is 2.40. The van der Waals surface area contributed by atoms with Crippen molar-refractivity contribution in [2.75, 3.05) is 44.7 Å². The summed E-state index contributed by atoms with van der Waals surface area (Å²) < 4.78 is 8.00. The molecule has 0 aliphatic carbocycles. The van der Waals surface area contributed by atoms with E-state index in [1.54, 1.807) is 12.0 Å². The van der Waals surface area contributed by atoms with E-state index in [1.807, 2.05) is 42.5 Å². The molecule has 0 radical (unpaired) electrons.